The largest absolute Gasteiger partial charge is 0.330 e. The van der Waals surface area contributed by atoms with Crippen LogP contribution in [0.2, 0.25) is 0 Å². The Morgan fingerprint density at radius 1 is 1.20 bits per heavy atom. The van der Waals surface area contributed by atoms with Gasteiger partial charge in [-0.2, -0.15) is 9.57 Å². The molecular formula is C19H21N3O2S. The molecule has 0 amide bonds. The molecule has 0 saturated carbocycles. The zero-order chi connectivity index (χ0) is 18.0. The number of nitrogens with two attached hydrogens (primary N) is 1. The Morgan fingerprint density at radius 2 is 1.92 bits per heavy atom. The fourth-order valence-electron chi connectivity index (χ4n) is 3.42. The van der Waals surface area contributed by atoms with Crippen LogP contribution < -0.4 is 5.73 Å². The van der Waals surface area contributed by atoms with Crippen molar-refractivity contribution in [3.05, 3.63) is 65.2 Å². The maximum atomic E-state index is 13.0. The van der Waals surface area contributed by atoms with Gasteiger partial charge < -0.3 is 5.73 Å². The fourth-order valence-corrected chi connectivity index (χ4v) is 5.02. The minimum absolute atomic E-state index is 0.0941. The predicted molar refractivity (Wildman–Crippen MR) is 96.4 cm³/mol. The maximum Gasteiger partial charge on any atom is 0.243 e. The number of hydrogen-bond acceptors (Lipinski definition) is 4. The van der Waals surface area contributed by atoms with Gasteiger partial charge in [0.25, 0.3) is 0 Å². The molecule has 1 saturated heterocycles. The third-order valence-corrected chi connectivity index (χ3v) is 6.72. The second kappa shape index (κ2) is 6.96. The summed E-state index contributed by atoms with van der Waals surface area (Å²) >= 11 is 0. The summed E-state index contributed by atoms with van der Waals surface area (Å²) in [5.41, 5.74) is 8.18. The highest BCUT2D eigenvalue weighted by Crippen LogP contribution is 2.35. The second-order valence-electron chi connectivity index (χ2n) is 6.42. The first kappa shape index (κ1) is 17.6. The number of nitrogens with zero attached hydrogens (tertiary/aromatic N) is 2. The van der Waals surface area contributed by atoms with Crippen LogP contribution in [0.3, 0.4) is 0 Å². The highest BCUT2D eigenvalue weighted by molar-refractivity contribution is 7.89. The minimum atomic E-state index is -3.60. The van der Waals surface area contributed by atoms with Crippen LogP contribution in [0, 0.1) is 24.2 Å². The molecule has 1 fully saturated rings. The molecule has 3 rings (SSSR count). The molecule has 25 heavy (non-hydrogen) atoms. The van der Waals surface area contributed by atoms with E-state index in [-0.39, 0.29) is 16.7 Å². The summed E-state index contributed by atoms with van der Waals surface area (Å²) in [6.07, 6.45) is 0. The number of aryl methyl sites for hydroxylation is 1. The zero-order valence-electron chi connectivity index (χ0n) is 14.1. The lowest BCUT2D eigenvalue weighted by Gasteiger charge is -2.17. The number of rotatable bonds is 4. The lowest BCUT2D eigenvalue weighted by molar-refractivity contribution is 0.459. The van der Waals surface area contributed by atoms with Crippen molar-refractivity contribution in [2.45, 2.75) is 17.7 Å². The van der Waals surface area contributed by atoms with Crippen LogP contribution in [-0.4, -0.2) is 32.4 Å². The highest BCUT2D eigenvalue weighted by Gasteiger charge is 2.39. The topological polar surface area (TPSA) is 87.2 Å². The van der Waals surface area contributed by atoms with Crippen LogP contribution in [0.15, 0.2) is 53.4 Å². The lowest BCUT2D eigenvalue weighted by Crippen LogP contribution is -2.30. The molecule has 1 aliphatic heterocycles. The predicted octanol–water partition coefficient (Wildman–Crippen LogP) is 2.23. The quantitative estimate of drug-likeness (QED) is 0.911. The van der Waals surface area contributed by atoms with Gasteiger partial charge in [0.15, 0.2) is 0 Å². The van der Waals surface area contributed by atoms with E-state index in [4.69, 9.17) is 11.0 Å². The van der Waals surface area contributed by atoms with Crippen molar-refractivity contribution in [3.8, 4) is 6.07 Å². The van der Waals surface area contributed by atoms with Crippen LogP contribution in [0.1, 0.15) is 22.6 Å². The summed E-state index contributed by atoms with van der Waals surface area (Å²) in [7, 11) is -3.60. The average molecular weight is 355 g/mol. The van der Waals surface area contributed by atoms with Crippen molar-refractivity contribution in [2.24, 2.45) is 11.7 Å². The first-order valence-electron chi connectivity index (χ1n) is 8.23. The first-order valence-corrected chi connectivity index (χ1v) is 9.67. The molecule has 0 radical (unpaired) electrons. The highest BCUT2D eigenvalue weighted by atomic mass is 32.2. The summed E-state index contributed by atoms with van der Waals surface area (Å²) < 4.78 is 27.6. The van der Waals surface area contributed by atoms with Crippen molar-refractivity contribution in [3.63, 3.8) is 0 Å². The van der Waals surface area contributed by atoms with E-state index in [1.807, 2.05) is 30.3 Å². The van der Waals surface area contributed by atoms with E-state index in [1.54, 1.807) is 19.1 Å². The van der Waals surface area contributed by atoms with Gasteiger partial charge in [0.2, 0.25) is 10.0 Å². The van der Waals surface area contributed by atoms with Crippen LogP contribution in [0.25, 0.3) is 0 Å². The summed E-state index contributed by atoms with van der Waals surface area (Å²) in [5.74, 6) is 0.192. The van der Waals surface area contributed by atoms with Crippen LogP contribution in [-0.2, 0) is 10.0 Å². The van der Waals surface area contributed by atoms with Crippen molar-refractivity contribution in [2.75, 3.05) is 19.6 Å². The molecule has 2 atom stereocenters. The average Bonchev–Trinajstić information content (AvgIpc) is 3.07. The summed E-state index contributed by atoms with van der Waals surface area (Å²) in [4.78, 5) is 0.230. The van der Waals surface area contributed by atoms with Gasteiger partial charge in [-0.3, -0.25) is 0 Å². The van der Waals surface area contributed by atoms with E-state index in [2.05, 4.69) is 6.07 Å². The molecule has 130 valence electrons. The van der Waals surface area contributed by atoms with E-state index in [0.29, 0.717) is 30.8 Å². The molecule has 0 aliphatic carbocycles. The number of benzene rings is 2. The summed E-state index contributed by atoms with van der Waals surface area (Å²) in [6.45, 7) is 3.03. The number of nitriles is 1. The van der Waals surface area contributed by atoms with Gasteiger partial charge in [-0.15, -0.1) is 0 Å². The smallest absolute Gasteiger partial charge is 0.243 e. The molecule has 6 heteroatoms. The van der Waals surface area contributed by atoms with Crippen molar-refractivity contribution in [1.82, 2.24) is 4.31 Å². The van der Waals surface area contributed by atoms with Gasteiger partial charge in [-0.1, -0.05) is 30.3 Å². The van der Waals surface area contributed by atoms with Gasteiger partial charge in [0.05, 0.1) is 16.5 Å². The third-order valence-electron chi connectivity index (χ3n) is 4.89. The van der Waals surface area contributed by atoms with Crippen molar-refractivity contribution < 1.29 is 8.42 Å². The molecule has 0 aromatic heterocycles. The first-order chi connectivity index (χ1) is 12.0. The standard InChI is InChI=1S/C19H21N3O2S/c1-14-9-18(8-7-16(14)10-20)25(23,24)22-12-17(11-21)19(13-22)15-5-3-2-4-6-15/h2-9,17,19H,11-13,21H2,1H3/t17-,19+/m1/s1. The number of hydrogen-bond donors (Lipinski definition) is 1. The summed E-state index contributed by atoms with van der Waals surface area (Å²) in [6, 6.07) is 16.6. The molecule has 2 aromatic carbocycles. The van der Waals surface area contributed by atoms with Gasteiger partial charge in [0, 0.05) is 19.0 Å². The number of sulfonamides is 1. The molecule has 0 unspecified atom stereocenters. The van der Waals surface area contributed by atoms with Crippen molar-refractivity contribution >= 4 is 10.0 Å². The van der Waals surface area contributed by atoms with E-state index >= 15 is 0 Å². The fraction of sp³-hybridized carbons (Fsp3) is 0.316. The third kappa shape index (κ3) is 3.31. The second-order valence-corrected chi connectivity index (χ2v) is 8.36. The minimum Gasteiger partial charge on any atom is -0.330 e. The van der Waals surface area contributed by atoms with Gasteiger partial charge in [0.1, 0.15) is 0 Å². The molecule has 5 nitrogen and oxygen atoms in total. The van der Waals surface area contributed by atoms with Gasteiger partial charge in [-0.05, 0) is 48.7 Å². The molecule has 0 spiro atoms. The Balaban J connectivity index is 1.91. The normalized spacial score (nSPS) is 21.2. The van der Waals surface area contributed by atoms with E-state index in [1.165, 1.54) is 10.4 Å². The SMILES string of the molecule is Cc1cc(S(=O)(=O)N2C[C@@H](CN)[C@H](c3ccccc3)C2)ccc1C#N. The molecule has 1 heterocycles. The maximum absolute atomic E-state index is 13.0. The Hall–Kier alpha value is -2.20. The molecule has 2 aromatic rings. The van der Waals surface area contributed by atoms with Gasteiger partial charge in [-0.25, -0.2) is 8.42 Å². The van der Waals surface area contributed by atoms with Crippen LogP contribution in [0.5, 0.6) is 0 Å². The van der Waals surface area contributed by atoms with E-state index in [0.717, 1.165) is 5.56 Å². The Labute approximate surface area is 148 Å². The molecular weight excluding hydrogens is 334 g/mol. The van der Waals surface area contributed by atoms with Crippen molar-refractivity contribution in [1.29, 1.82) is 5.26 Å². The zero-order valence-corrected chi connectivity index (χ0v) is 14.9. The lowest BCUT2D eigenvalue weighted by atomic mass is 9.89. The molecule has 2 N–H and O–H groups in total. The Bertz CT molecular complexity index is 904. The van der Waals surface area contributed by atoms with E-state index < -0.39 is 10.0 Å². The Morgan fingerprint density at radius 3 is 2.52 bits per heavy atom. The van der Waals surface area contributed by atoms with E-state index in [9.17, 15) is 8.42 Å². The molecule has 0 bridgehead atoms. The van der Waals surface area contributed by atoms with Gasteiger partial charge >= 0.3 is 0 Å². The summed E-state index contributed by atoms with van der Waals surface area (Å²) in [5, 5.41) is 9.03. The molecule has 1 aliphatic rings. The Kier molecular flexibility index (Phi) is 4.91. The monoisotopic (exact) mass is 355 g/mol. The van der Waals surface area contributed by atoms with Crippen LogP contribution in [0.4, 0.5) is 0 Å². The van der Waals surface area contributed by atoms with Crippen LogP contribution >= 0.6 is 0 Å².